The second-order valence-corrected chi connectivity index (χ2v) is 6.15. The van der Waals surface area contributed by atoms with E-state index in [1.165, 1.54) is 24.0 Å². The molecule has 0 saturated heterocycles. The fourth-order valence-electron chi connectivity index (χ4n) is 3.37. The van der Waals surface area contributed by atoms with Crippen LogP contribution < -0.4 is 0 Å². The number of carbonyl (C=O) groups excluding carboxylic acids is 1. The average Bonchev–Trinajstić information content (AvgIpc) is 3.11. The summed E-state index contributed by atoms with van der Waals surface area (Å²) in [6.07, 6.45) is 5.23. The molecule has 17 heavy (non-hydrogen) atoms. The first-order valence-corrected chi connectivity index (χ1v) is 7.81. The van der Waals surface area contributed by atoms with Crippen LogP contribution in [-0.2, 0) is 11.2 Å². The van der Waals surface area contributed by atoms with Crippen molar-refractivity contribution in [2.45, 2.75) is 25.2 Å². The Labute approximate surface area is 107 Å². The van der Waals surface area contributed by atoms with Gasteiger partial charge in [-0.15, -0.1) is 0 Å². The van der Waals surface area contributed by atoms with E-state index < -0.39 is 0 Å². The van der Waals surface area contributed by atoms with Crippen LogP contribution in [-0.4, -0.2) is 17.8 Å². The van der Waals surface area contributed by atoms with Crippen molar-refractivity contribution < 1.29 is 4.79 Å². The summed E-state index contributed by atoms with van der Waals surface area (Å²) in [6.45, 7) is 0. The fourth-order valence-corrected chi connectivity index (χ4v) is 3.78. The molecule has 90 valence electrons. The van der Waals surface area contributed by atoms with Crippen LogP contribution in [0.25, 0.3) is 0 Å². The summed E-state index contributed by atoms with van der Waals surface area (Å²) in [4.78, 5) is 12.1. The second-order valence-electron chi connectivity index (χ2n) is 5.16. The summed E-state index contributed by atoms with van der Waals surface area (Å²) in [7, 11) is 0. The SMILES string of the molecule is CSCCC(=O)C1C2CCc3ccccc3C21. The number of thioether (sulfide) groups is 1. The molecule has 1 fully saturated rings. The van der Waals surface area contributed by atoms with Crippen LogP contribution in [0.2, 0.25) is 0 Å². The van der Waals surface area contributed by atoms with Crippen molar-refractivity contribution in [2.24, 2.45) is 11.8 Å². The zero-order valence-corrected chi connectivity index (χ0v) is 11.0. The minimum Gasteiger partial charge on any atom is -0.299 e. The van der Waals surface area contributed by atoms with Gasteiger partial charge in [0.15, 0.2) is 0 Å². The number of hydrogen-bond donors (Lipinski definition) is 0. The van der Waals surface area contributed by atoms with Gasteiger partial charge < -0.3 is 0 Å². The van der Waals surface area contributed by atoms with Gasteiger partial charge in [0.25, 0.3) is 0 Å². The highest BCUT2D eigenvalue weighted by molar-refractivity contribution is 7.98. The molecule has 0 radical (unpaired) electrons. The van der Waals surface area contributed by atoms with Crippen molar-refractivity contribution in [1.82, 2.24) is 0 Å². The molecule has 1 saturated carbocycles. The van der Waals surface area contributed by atoms with Crippen LogP contribution in [0, 0.1) is 11.8 Å². The topological polar surface area (TPSA) is 17.1 Å². The summed E-state index contributed by atoms with van der Waals surface area (Å²) in [6, 6.07) is 8.69. The van der Waals surface area contributed by atoms with Crippen LogP contribution in [0.1, 0.15) is 29.9 Å². The summed E-state index contributed by atoms with van der Waals surface area (Å²) in [5, 5.41) is 0. The highest BCUT2D eigenvalue weighted by Gasteiger charge is 2.56. The number of benzene rings is 1. The normalized spacial score (nSPS) is 29.4. The first kappa shape index (κ1) is 11.3. The first-order chi connectivity index (χ1) is 8.33. The molecular formula is C15H18OS. The van der Waals surface area contributed by atoms with E-state index in [0.29, 0.717) is 23.5 Å². The fraction of sp³-hybridized carbons (Fsp3) is 0.533. The Bertz CT molecular complexity index is 440. The second kappa shape index (κ2) is 4.49. The summed E-state index contributed by atoms with van der Waals surface area (Å²) < 4.78 is 0. The molecule has 1 aromatic rings. The van der Waals surface area contributed by atoms with Crippen molar-refractivity contribution in [3.05, 3.63) is 35.4 Å². The Kier molecular flexibility index (Phi) is 2.99. The molecule has 0 spiro atoms. The van der Waals surface area contributed by atoms with Crippen molar-refractivity contribution in [3.63, 3.8) is 0 Å². The molecule has 2 aliphatic rings. The molecule has 0 amide bonds. The first-order valence-electron chi connectivity index (χ1n) is 6.42. The molecular weight excluding hydrogens is 228 g/mol. The van der Waals surface area contributed by atoms with Gasteiger partial charge in [0.05, 0.1) is 0 Å². The van der Waals surface area contributed by atoms with Crippen molar-refractivity contribution in [3.8, 4) is 0 Å². The van der Waals surface area contributed by atoms with Crippen LogP contribution in [0.4, 0.5) is 0 Å². The third-order valence-electron chi connectivity index (χ3n) is 4.25. The number of rotatable bonds is 4. The quantitative estimate of drug-likeness (QED) is 0.811. The van der Waals surface area contributed by atoms with Gasteiger partial charge in [-0.3, -0.25) is 4.79 Å². The van der Waals surface area contributed by atoms with Gasteiger partial charge in [0.1, 0.15) is 5.78 Å². The molecule has 0 bridgehead atoms. The average molecular weight is 246 g/mol. The number of ketones is 1. The smallest absolute Gasteiger partial charge is 0.137 e. The van der Waals surface area contributed by atoms with Crippen LogP contribution in [0.3, 0.4) is 0 Å². The van der Waals surface area contributed by atoms with Crippen LogP contribution >= 0.6 is 11.8 Å². The Hall–Kier alpha value is -0.760. The van der Waals surface area contributed by atoms with E-state index in [4.69, 9.17) is 0 Å². The molecule has 3 unspecified atom stereocenters. The summed E-state index contributed by atoms with van der Waals surface area (Å²) in [5.74, 6) is 3.07. The van der Waals surface area contributed by atoms with Crippen molar-refractivity contribution in [2.75, 3.05) is 12.0 Å². The Balaban J connectivity index is 1.76. The Morgan fingerprint density at radius 3 is 3.06 bits per heavy atom. The van der Waals surface area contributed by atoms with Crippen molar-refractivity contribution in [1.29, 1.82) is 0 Å². The van der Waals surface area contributed by atoms with Gasteiger partial charge >= 0.3 is 0 Å². The Morgan fingerprint density at radius 1 is 1.41 bits per heavy atom. The molecule has 0 aromatic heterocycles. The zero-order valence-electron chi connectivity index (χ0n) is 10.2. The molecule has 2 heteroatoms. The molecule has 1 aromatic carbocycles. The van der Waals surface area contributed by atoms with Gasteiger partial charge in [-0.1, -0.05) is 24.3 Å². The lowest BCUT2D eigenvalue weighted by molar-refractivity contribution is -0.120. The van der Waals surface area contributed by atoms with Crippen LogP contribution in [0.15, 0.2) is 24.3 Å². The van der Waals surface area contributed by atoms with Crippen molar-refractivity contribution >= 4 is 17.5 Å². The maximum atomic E-state index is 12.1. The zero-order chi connectivity index (χ0) is 11.8. The van der Waals surface area contributed by atoms with E-state index >= 15 is 0 Å². The van der Waals surface area contributed by atoms with E-state index in [9.17, 15) is 4.79 Å². The van der Waals surface area contributed by atoms with E-state index in [-0.39, 0.29) is 0 Å². The number of hydrogen-bond acceptors (Lipinski definition) is 2. The lowest BCUT2D eigenvalue weighted by Gasteiger charge is -2.13. The molecule has 3 rings (SSSR count). The van der Waals surface area contributed by atoms with Gasteiger partial charge in [0.2, 0.25) is 0 Å². The van der Waals surface area contributed by atoms with Crippen LogP contribution in [0.5, 0.6) is 0 Å². The standard InChI is InChI=1S/C15H18OS/c1-17-9-8-13(16)15-12-7-6-10-4-2-3-5-11(10)14(12)15/h2-5,12,14-15H,6-9H2,1H3. The van der Waals surface area contributed by atoms with Gasteiger partial charge in [0, 0.05) is 12.3 Å². The largest absolute Gasteiger partial charge is 0.299 e. The molecule has 0 heterocycles. The number of carbonyl (C=O) groups is 1. The van der Waals surface area contributed by atoms with Gasteiger partial charge in [-0.25, -0.2) is 0 Å². The molecule has 0 aliphatic heterocycles. The predicted octanol–water partition coefficient (Wildman–Crippen LogP) is 3.28. The molecule has 3 atom stereocenters. The molecule has 0 N–H and O–H groups in total. The summed E-state index contributed by atoms with van der Waals surface area (Å²) >= 11 is 1.77. The Morgan fingerprint density at radius 2 is 2.24 bits per heavy atom. The maximum Gasteiger partial charge on any atom is 0.137 e. The predicted molar refractivity (Wildman–Crippen MR) is 72.5 cm³/mol. The van der Waals surface area contributed by atoms with E-state index in [0.717, 1.165) is 12.2 Å². The third-order valence-corrected chi connectivity index (χ3v) is 4.87. The monoisotopic (exact) mass is 246 g/mol. The lowest BCUT2D eigenvalue weighted by Crippen LogP contribution is -2.04. The number of aryl methyl sites for hydroxylation is 1. The number of fused-ring (bicyclic) bond motifs is 3. The number of Topliss-reactive ketones (excluding diaryl/α,β-unsaturated/α-hetero) is 1. The van der Waals surface area contributed by atoms with Gasteiger partial charge in [-0.2, -0.15) is 11.8 Å². The lowest BCUT2D eigenvalue weighted by atomic mass is 9.92. The highest BCUT2D eigenvalue weighted by Crippen LogP contribution is 2.60. The van der Waals surface area contributed by atoms with Gasteiger partial charge in [-0.05, 0) is 47.8 Å². The highest BCUT2D eigenvalue weighted by atomic mass is 32.2. The summed E-state index contributed by atoms with van der Waals surface area (Å²) in [5.41, 5.74) is 2.94. The maximum absolute atomic E-state index is 12.1. The minimum atomic E-state index is 0.353. The van der Waals surface area contributed by atoms with E-state index in [2.05, 4.69) is 30.5 Å². The van der Waals surface area contributed by atoms with E-state index in [1.54, 1.807) is 11.8 Å². The van der Waals surface area contributed by atoms with E-state index in [1.807, 2.05) is 0 Å². The third kappa shape index (κ3) is 1.93. The minimum absolute atomic E-state index is 0.353. The molecule has 2 aliphatic carbocycles. The molecule has 1 nitrogen and oxygen atoms in total.